The quantitative estimate of drug-likeness (QED) is 0.915. The molecule has 0 fully saturated rings. The van der Waals surface area contributed by atoms with Gasteiger partial charge in [-0.25, -0.2) is 4.98 Å². The molecule has 4 heteroatoms. The van der Waals surface area contributed by atoms with E-state index in [9.17, 15) is 4.79 Å². The lowest BCUT2D eigenvalue weighted by Gasteiger charge is -2.26. The SMILES string of the molecule is O=C(N[C@@H]1CCc2nccn2C1)[C@@H]1CCc2ccccc21. The molecule has 0 radical (unpaired) electrons. The first-order valence-corrected chi connectivity index (χ1v) is 7.69. The number of amides is 1. The lowest BCUT2D eigenvalue weighted by molar-refractivity contribution is -0.123. The summed E-state index contributed by atoms with van der Waals surface area (Å²) in [4.78, 5) is 16.9. The first-order valence-electron chi connectivity index (χ1n) is 7.69. The molecule has 1 N–H and O–H groups in total. The fourth-order valence-electron chi connectivity index (χ4n) is 3.62. The lowest BCUT2D eigenvalue weighted by Crippen LogP contribution is -2.42. The highest BCUT2D eigenvalue weighted by molar-refractivity contribution is 5.85. The highest BCUT2D eigenvalue weighted by Gasteiger charge is 2.30. The van der Waals surface area contributed by atoms with Gasteiger partial charge in [0.2, 0.25) is 5.91 Å². The zero-order valence-electron chi connectivity index (χ0n) is 12.0. The molecule has 1 aromatic heterocycles. The number of imidazole rings is 1. The zero-order chi connectivity index (χ0) is 14.2. The molecule has 21 heavy (non-hydrogen) atoms. The second-order valence-electron chi connectivity index (χ2n) is 6.03. The van der Waals surface area contributed by atoms with Gasteiger partial charge in [-0.2, -0.15) is 0 Å². The van der Waals surface area contributed by atoms with E-state index in [0.29, 0.717) is 0 Å². The number of carbonyl (C=O) groups is 1. The third-order valence-electron chi connectivity index (χ3n) is 4.73. The highest BCUT2D eigenvalue weighted by Crippen LogP contribution is 2.33. The summed E-state index contributed by atoms with van der Waals surface area (Å²) in [5.74, 6) is 1.35. The average Bonchev–Trinajstić information content (AvgIpc) is 3.13. The van der Waals surface area contributed by atoms with Gasteiger partial charge in [0.1, 0.15) is 5.82 Å². The van der Waals surface area contributed by atoms with Crippen LogP contribution in [0.25, 0.3) is 0 Å². The van der Waals surface area contributed by atoms with Gasteiger partial charge in [0.05, 0.1) is 5.92 Å². The van der Waals surface area contributed by atoms with E-state index in [1.54, 1.807) is 0 Å². The first-order chi connectivity index (χ1) is 10.3. The molecule has 0 unspecified atom stereocenters. The Bertz CT molecular complexity index is 676. The first kappa shape index (κ1) is 12.6. The number of aromatic nitrogens is 2. The van der Waals surface area contributed by atoms with Crippen LogP contribution in [0.3, 0.4) is 0 Å². The van der Waals surface area contributed by atoms with E-state index in [0.717, 1.165) is 38.1 Å². The van der Waals surface area contributed by atoms with Gasteiger partial charge in [-0.3, -0.25) is 4.79 Å². The summed E-state index contributed by atoms with van der Waals surface area (Å²) in [6, 6.07) is 8.55. The minimum atomic E-state index is 0.0328. The van der Waals surface area contributed by atoms with Gasteiger partial charge < -0.3 is 9.88 Å². The summed E-state index contributed by atoms with van der Waals surface area (Å²) >= 11 is 0. The summed E-state index contributed by atoms with van der Waals surface area (Å²) in [6.45, 7) is 0.843. The van der Waals surface area contributed by atoms with Crippen molar-refractivity contribution in [3.05, 3.63) is 53.6 Å². The van der Waals surface area contributed by atoms with Crippen LogP contribution in [0.1, 0.15) is 35.7 Å². The average molecular weight is 281 g/mol. The van der Waals surface area contributed by atoms with Crippen molar-refractivity contribution in [3.63, 3.8) is 0 Å². The Balaban J connectivity index is 1.46. The molecule has 0 saturated carbocycles. The van der Waals surface area contributed by atoms with Crippen LogP contribution in [0, 0.1) is 0 Å². The van der Waals surface area contributed by atoms with Crippen molar-refractivity contribution >= 4 is 5.91 Å². The highest BCUT2D eigenvalue weighted by atomic mass is 16.2. The third kappa shape index (κ3) is 2.24. The van der Waals surface area contributed by atoms with Gasteiger partial charge in [-0.05, 0) is 30.4 Å². The summed E-state index contributed by atoms with van der Waals surface area (Å²) in [6.07, 6.45) is 7.72. The Morgan fingerprint density at radius 3 is 3.10 bits per heavy atom. The van der Waals surface area contributed by atoms with Crippen LogP contribution in [-0.2, 0) is 24.2 Å². The van der Waals surface area contributed by atoms with E-state index in [1.807, 2.05) is 18.5 Å². The van der Waals surface area contributed by atoms with Gasteiger partial charge in [-0.1, -0.05) is 24.3 Å². The van der Waals surface area contributed by atoms with Crippen molar-refractivity contribution in [2.45, 2.75) is 44.2 Å². The second-order valence-corrected chi connectivity index (χ2v) is 6.03. The molecule has 4 nitrogen and oxygen atoms in total. The van der Waals surface area contributed by atoms with Gasteiger partial charge >= 0.3 is 0 Å². The monoisotopic (exact) mass is 281 g/mol. The normalized spacial score (nSPS) is 23.4. The van der Waals surface area contributed by atoms with Crippen LogP contribution in [-0.4, -0.2) is 21.5 Å². The number of nitrogens with one attached hydrogen (secondary N) is 1. The molecule has 2 heterocycles. The molecule has 0 bridgehead atoms. The van der Waals surface area contributed by atoms with Crippen LogP contribution in [0.15, 0.2) is 36.7 Å². The summed E-state index contributed by atoms with van der Waals surface area (Å²) in [5.41, 5.74) is 2.55. The summed E-state index contributed by atoms with van der Waals surface area (Å²) in [7, 11) is 0. The molecule has 2 aromatic rings. The molecule has 2 atom stereocenters. The van der Waals surface area contributed by atoms with Gasteiger partial charge in [0, 0.05) is 31.4 Å². The number of fused-ring (bicyclic) bond motifs is 2. The number of rotatable bonds is 2. The summed E-state index contributed by atoms with van der Waals surface area (Å²) in [5, 5.41) is 3.24. The van der Waals surface area contributed by atoms with E-state index >= 15 is 0 Å². The lowest BCUT2D eigenvalue weighted by atomic mass is 9.99. The number of hydrogen-bond acceptors (Lipinski definition) is 2. The largest absolute Gasteiger partial charge is 0.351 e. The fourth-order valence-corrected chi connectivity index (χ4v) is 3.62. The maximum atomic E-state index is 12.6. The van der Waals surface area contributed by atoms with Crippen molar-refractivity contribution in [2.75, 3.05) is 0 Å². The number of aryl methyl sites for hydroxylation is 2. The van der Waals surface area contributed by atoms with Crippen molar-refractivity contribution < 1.29 is 4.79 Å². The van der Waals surface area contributed by atoms with Gasteiger partial charge in [0.15, 0.2) is 0 Å². The Labute approximate surface area is 124 Å². The van der Waals surface area contributed by atoms with Crippen LogP contribution in [0.2, 0.25) is 0 Å². The van der Waals surface area contributed by atoms with Crippen molar-refractivity contribution in [3.8, 4) is 0 Å². The number of benzene rings is 1. The minimum absolute atomic E-state index is 0.0328. The smallest absolute Gasteiger partial charge is 0.227 e. The molecule has 0 spiro atoms. The molecule has 1 aromatic carbocycles. The molecule has 1 aliphatic carbocycles. The second kappa shape index (κ2) is 5.02. The molecular formula is C17H19N3O. The van der Waals surface area contributed by atoms with Crippen molar-refractivity contribution in [1.82, 2.24) is 14.9 Å². The Hall–Kier alpha value is -2.10. The number of hydrogen-bond donors (Lipinski definition) is 1. The Morgan fingerprint density at radius 2 is 2.14 bits per heavy atom. The molecule has 1 aliphatic heterocycles. The van der Waals surface area contributed by atoms with Gasteiger partial charge in [0.25, 0.3) is 0 Å². The maximum absolute atomic E-state index is 12.6. The Morgan fingerprint density at radius 1 is 1.24 bits per heavy atom. The predicted octanol–water partition coefficient (Wildman–Crippen LogP) is 2.04. The van der Waals surface area contributed by atoms with E-state index in [-0.39, 0.29) is 17.9 Å². The number of carbonyl (C=O) groups excluding carboxylic acids is 1. The zero-order valence-corrected chi connectivity index (χ0v) is 12.0. The predicted molar refractivity (Wildman–Crippen MR) is 80.0 cm³/mol. The standard InChI is InChI=1S/C17H19N3O/c21-17(15-7-5-12-3-1-2-4-14(12)15)19-13-6-8-16-18-9-10-20(16)11-13/h1-4,9-10,13,15H,5-8,11H2,(H,19,21)/t13-,15-/m1/s1. The number of nitrogens with zero attached hydrogens (tertiary/aromatic N) is 2. The molecule has 4 rings (SSSR count). The summed E-state index contributed by atoms with van der Waals surface area (Å²) < 4.78 is 2.15. The fraction of sp³-hybridized carbons (Fsp3) is 0.412. The maximum Gasteiger partial charge on any atom is 0.227 e. The Kier molecular flexibility index (Phi) is 3.02. The third-order valence-corrected chi connectivity index (χ3v) is 4.73. The van der Waals surface area contributed by atoms with Crippen LogP contribution in [0.4, 0.5) is 0 Å². The van der Waals surface area contributed by atoms with E-state index in [1.165, 1.54) is 11.1 Å². The molecule has 0 saturated heterocycles. The molecule has 108 valence electrons. The molecule has 1 amide bonds. The topological polar surface area (TPSA) is 46.9 Å². The molecular weight excluding hydrogens is 262 g/mol. The van der Waals surface area contributed by atoms with Crippen LogP contribution < -0.4 is 5.32 Å². The van der Waals surface area contributed by atoms with Crippen molar-refractivity contribution in [1.29, 1.82) is 0 Å². The molecule has 2 aliphatic rings. The minimum Gasteiger partial charge on any atom is -0.351 e. The van der Waals surface area contributed by atoms with Crippen molar-refractivity contribution in [2.24, 2.45) is 0 Å². The van der Waals surface area contributed by atoms with E-state index in [2.05, 4.69) is 33.1 Å². The van der Waals surface area contributed by atoms with E-state index in [4.69, 9.17) is 0 Å². The van der Waals surface area contributed by atoms with E-state index < -0.39 is 0 Å². The van der Waals surface area contributed by atoms with Gasteiger partial charge in [-0.15, -0.1) is 0 Å². The van der Waals surface area contributed by atoms with Crippen LogP contribution >= 0.6 is 0 Å². The van der Waals surface area contributed by atoms with Crippen LogP contribution in [0.5, 0.6) is 0 Å².